The van der Waals surface area contributed by atoms with Gasteiger partial charge in [-0.2, -0.15) is 4.68 Å². The van der Waals surface area contributed by atoms with Gasteiger partial charge in [-0.05, 0) is 13.8 Å². The smallest absolute Gasteiger partial charge is 0.212 e. The molecule has 0 bridgehead atoms. The molecular weight excluding hydrogens is 200 g/mol. The van der Waals surface area contributed by atoms with E-state index in [1.165, 1.54) is 11.3 Å². The summed E-state index contributed by atoms with van der Waals surface area (Å²) in [7, 11) is 0. The third-order valence-electron chi connectivity index (χ3n) is 1.93. The lowest BCUT2D eigenvalue weighted by Gasteiger charge is -1.96. The standard InChI is InChI=1S/C8H10N4OS/c1-5-4-14-8(9-5)12-6(2)7(3-13)10-11-12/h4,13H,3H2,1-2H3. The Morgan fingerprint density at radius 3 is 2.79 bits per heavy atom. The van der Waals surface area contributed by atoms with E-state index in [2.05, 4.69) is 15.3 Å². The van der Waals surface area contributed by atoms with Crippen molar-refractivity contribution >= 4 is 11.3 Å². The molecule has 74 valence electrons. The minimum Gasteiger partial charge on any atom is -0.390 e. The Bertz CT molecular complexity index is 448. The molecule has 2 rings (SSSR count). The number of aryl methyl sites for hydroxylation is 1. The van der Waals surface area contributed by atoms with Crippen LogP contribution in [0, 0.1) is 13.8 Å². The van der Waals surface area contributed by atoms with E-state index in [9.17, 15) is 0 Å². The fourth-order valence-corrected chi connectivity index (χ4v) is 1.93. The predicted octanol–water partition coefficient (Wildman–Crippen LogP) is 0.833. The number of rotatable bonds is 2. The van der Waals surface area contributed by atoms with Crippen LogP contribution in [0.3, 0.4) is 0 Å². The largest absolute Gasteiger partial charge is 0.390 e. The van der Waals surface area contributed by atoms with Crippen molar-refractivity contribution in [2.24, 2.45) is 0 Å². The highest BCUT2D eigenvalue weighted by Crippen LogP contribution is 2.16. The first-order valence-corrected chi connectivity index (χ1v) is 5.05. The van der Waals surface area contributed by atoms with E-state index in [1.54, 1.807) is 4.68 Å². The van der Waals surface area contributed by atoms with E-state index in [4.69, 9.17) is 5.11 Å². The maximum atomic E-state index is 8.95. The number of hydrogen-bond acceptors (Lipinski definition) is 5. The summed E-state index contributed by atoms with van der Waals surface area (Å²) in [4.78, 5) is 4.29. The highest BCUT2D eigenvalue weighted by Gasteiger charge is 2.10. The van der Waals surface area contributed by atoms with Crippen molar-refractivity contribution in [3.8, 4) is 5.13 Å². The Kier molecular flexibility index (Phi) is 2.30. The van der Waals surface area contributed by atoms with Gasteiger partial charge in [-0.15, -0.1) is 16.4 Å². The Hall–Kier alpha value is -1.27. The molecular formula is C8H10N4OS. The van der Waals surface area contributed by atoms with Gasteiger partial charge in [-0.25, -0.2) is 4.98 Å². The first-order chi connectivity index (χ1) is 6.72. The number of aromatic nitrogens is 4. The number of hydrogen-bond donors (Lipinski definition) is 1. The highest BCUT2D eigenvalue weighted by atomic mass is 32.1. The van der Waals surface area contributed by atoms with Crippen molar-refractivity contribution in [2.75, 3.05) is 0 Å². The fourth-order valence-electron chi connectivity index (χ4n) is 1.13. The maximum Gasteiger partial charge on any atom is 0.212 e. The molecule has 14 heavy (non-hydrogen) atoms. The number of thiazole rings is 1. The molecule has 0 aliphatic heterocycles. The van der Waals surface area contributed by atoms with E-state index in [1.807, 2.05) is 19.2 Å². The molecule has 0 aromatic carbocycles. The van der Waals surface area contributed by atoms with Gasteiger partial charge in [0.2, 0.25) is 5.13 Å². The van der Waals surface area contributed by atoms with E-state index >= 15 is 0 Å². The molecule has 0 radical (unpaired) electrons. The molecule has 0 fully saturated rings. The maximum absolute atomic E-state index is 8.95. The Balaban J connectivity index is 2.46. The average Bonchev–Trinajstić information content (AvgIpc) is 2.72. The second-order valence-corrected chi connectivity index (χ2v) is 3.80. The molecule has 6 heteroatoms. The van der Waals surface area contributed by atoms with Crippen LogP contribution in [-0.4, -0.2) is 25.1 Å². The molecule has 0 spiro atoms. The Labute approximate surface area is 85.0 Å². The van der Waals surface area contributed by atoms with Crippen molar-refractivity contribution in [3.63, 3.8) is 0 Å². The quantitative estimate of drug-likeness (QED) is 0.797. The average molecular weight is 210 g/mol. The summed E-state index contributed by atoms with van der Waals surface area (Å²) in [5.74, 6) is 0. The highest BCUT2D eigenvalue weighted by molar-refractivity contribution is 7.12. The summed E-state index contributed by atoms with van der Waals surface area (Å²) in [6.07, 6.45) is 0. The molecule has 0 atom stereocenters. The molecule has 1 N–H and O–H groups in total. The molecule has 2 aromatic heterocycles. The van der Waals surface area contributed by atoms with Crippen LogP contribution in [0.5, 0.6) is 0 Å². The van der Waals surface area contributed by atoms with Gasteiger partial charge < -0.3 is 5.11 Å². The van der Waals surface area contributed by atoms with Gasteiger partial charge in [-0.3, -0.25) is 0 Å². The summed E-state index contributed by atoms with van der Waals surface area (Å²) in [5, 5.41) is 19.5. The van der Waals surface area contributed by atoms with E-state index in [0.29, 0.717) is 5.69 Å². The summed E-state index contributed by atoms with van der Waals surface area (Å²) in [6.45, 7) is 3.71. The molecule has 5 nitrogen and oxygen atoms in total. The fraction of sp³-hybridized carbons (Fsp3) is 0.375. The summed E-state index contributed by atoms with van der Waals surface area (Å²) in [6, 6.07) is 0. The normalized spacial score (nSPS) is 10.8. The van der Waals surface area contributed by atoms with E-state index in [-0.39, 0.29) is 6.61 Å². The van der Waals surface area contributed by atoms with Crippen LogP contribution in [0.1, 0.15) is 17.1 Å². The Morgan fingerprint density at radius 1 is 1.50 bits per heavy atom. The first-order valence-electron chi connectivity index (χ1n) is 4.17. The van der Waals surface area contributed by atoms with Gasteiger partial charge in [0.25, 0.3) is 0 Å². The number of aliphatic hydroxyl groups is 1. The van der Waals surface area contributed by atoms with Crippen molar-refractivity contribution < 1.29 is 5.11 Å². The number of nitrogens with zero attached hydrogens (tertiary/aromatic N) is 4. The van der Waals surface area contributed by atoms with Crippen LogP contribution in [-0.2, 0) is 6.61 Å². The lowest BCUT2D eigenvalue weighted by molar-refractivity contribution is 0.276. The van der Waals surface area contributed by atoms with Crippen LogP contribution in [0.15, 0.2) is 5.38 Å². The van der Waals surface area contributed by atoms with Crippen molar-refractivity contribution in [1.82, 2.24) is 20.0 Å². The van der Waals surface area contributed by atoms with Gasteiger partial charge in [0.1, 0.15) is 5.69 Å². The molecule has 2 heterocycles. The molecule has 0 unspecified atom stereocenters. The topological polar surface area (TPSA) is 63.8 Å². The van der Waals surface area contributed by atoms with E-state index < -0.39 is 0 Å². The summed E-state index contributed by atoms with van der Waals surface area (Å²) in [5.41, 5.74) is 2.39. The van der Waals surface area contributed by atoms with Crippen molar-refractivity contribution in [3.05, 3.63) is 22.5 Å². The summed E-state index contributed by atoms with van der Waals surface area (Å²) >= 11 is 1.51. The zero-order valence-corrected chi connectivity index (χ0v) is 8.75. The van der Waals surface area contributed by atoms with Crippen LogP contribution in [0.4, 0.5) is 0 Å². The zero-order valence-electron chi connectivity index (χ0n) is 7.93. The van der Waals surface area contributed by atoms with Crippen LogP contribution in [0.25, 0.3) is 5.13 Å². The molecule has 0 amide bonds. The molecule has 0 saturated heterocycles. The SMILES string of the molecule is Cc1csc(-n2nnc(CO)c2C)n1. The second kappa shape index (κ2) is 3.47. The lowest BCUT2D eigenvalue weighted by Crippen LogP contribution is -1.99. The molecule has 0 aliphatic rings. The summed E-state index contributed by atoms with van der Waals surface area (Å²) < 4.78 is 1.64. The number of aliphatic hydroxyl groups excluding tert-OH is 1. The monoisotopic (exact) mass is 210 g/mol. The van der Waals surface area contributed by atoms with Gasteiger partial charge in [-0.1, -0.05) is 5.21 Å². The second-order valence-electron chi connectivity index (χ2n) is 2.96. The van der Waals surface area contributed by atoms with Crippen LogP contribution >= 0.6 is 11.3 Å². The van der Waals surface area contributed by atoms with Gasteiger partial charge in [0, 0.05) is 5.38 Å². The van der Waals surface area contributed by atoms with Gasteiger partial charge in [0.05, 0.1) is 18.0 Å². The molecule has 2 aromatic rings. The predicted molar refractivity (Wildman–Crippen MR) is 52.4 cm³/mol. The van der Waals surface area contributed by atoms with Crippen LogP contribution < -0.4 is 0 Å². The zero-order chi connectivity index (χ0) is 10.1. The van der Waals surface area contributed by atoms with Gasteiger partial charge >= 0.3 is 0 Å². The molecule has 0 aliphatic carbocycles. The molecule has 0 saturated carbocycles. The first kappa shape index (κ1) is 9.29. The lowest BCUT2D eigenvalue weighted by atomic mass is 10.4. The van der Waals surface area contributed by atoms with Crippen LogP contribution in [0.2, 0.25) is 0 Å². The van der Waals surface area contributed by atoms with Gasteiger partial charge in [0.15, 0.2) is 0 Å². The Morgan fingerprint density at radius 2 is 2.29 bits per heavy atom. The minimum absolute atomic E-state index is 0.0871. The van der Waals surface area contributed by atoms with Crippen molar-refractivity contribution in [2.45, 2.75) is 20.5 Å². The van der Waals surface area contributed by atoms with Crippen molar-refractivity contribution in [1.29, 1.82) is 0 Å². The minimum atomic E-state index is -0.0871. The third-order valence-corrected chi connectivity index (χ3v) is 2.86. The van der Waals surface area contributed by atoms with E-state index in [0.717, 1.165) is 16.5 Å². The third kappa shape index (κ3) is 1.42.